The van der Waals surface area contributed by atoms with E-state index >= 15 is 0 Å². The Morgan fingerprint density at radius 2 is 1.77 bits per heavy atom. The Labute approximate surface area is 148 Å². The Bertz CT molecular complexity index is 974. The summed E-state index contributed by atoms with van der Waals surface area (Å²) < 4.78 is 6.03. The number of nitrogens with zero attached hydrogens (tertiary/aromatic N) is 2. The van der Waals surface area contributed by atoms with Gasteiger partial charge in [0.25, 0.3) is 5.91 Å². The molecule has 1 heterocycles. The Morgan fingerprint density at radius 3 is 2.42 bits per heavy atom. The largest absolute Gasteiger partial charge is 0.437 e. The maximum absolute atomic E-state index is 12.1. The summed E-state index contributed by atoms with van der Waals surface area (Å²) in [6, 6.07) is 15.3. The van der Waals surface area contributed by atoms with Gasteiger partial charge in [0.15, 0.2) is 0 Å². The molecule has 0 unspecified atom stereocenters. The van der Waals surface area contributed by atoms with Crippen LogP contribution >= 0.6 is 0 Å². The van der Waals surface area contributed by atoms with Gasteiger partial charge in [-0.25, -0.2) is 4.79 Å². The van der Waals surface area contributed by atoms with E-state index in [1.54, 1.807) is 48.5 Å². The normalized spacial score (nSPS) is 10.3. The van der Waals surface area contributed by atoms with Gasteiger partial charge in [-0.15, -0.1) is 5.10 Å². The number of nitrogens with one attached hydrogen (secondary N) is 2. The second-order valence-corrected chi connectivity index (χ2v) is 5.40. The first kappa shape index (κ1) is 17.2. The highest BCUT2D eigenvalue weighted by molar-refractivity contribution is 5.95. The zero-order chi connectivity index (χ0) is 18.5. The molecule has 0 fully saturated rings. The average molecular weight is 352 g/mol. The van der Waals surface area contributed by atoms with Gasteiger partial charge in [0.1, 0.15) is 6.54 Å². The molecule has 132 valence electrons. The minimum atomic E-state index is -0.714. The summed E-state index contributed by atoms with van der Waals surface area (Å²) in [6.45, 7) is -0.285. The number of carbonyl (C=O) groups is 2. The molecule has 2 aromatic carbocycles. The first-order valence-corrected chi connectivity index (χ1v) is 7.82. The van der Waals surface area contributed by atoms with E-state index in [9.17, 15) is 14.4 Å². The van der Waals surface area contributed by atoms with E-state index in [0.717, 1.165) is 4.68 Å². The number of benzene rings is 2. The van der Waals surface area contributed by atoms with Crippen molar-refractivity contribution in [2.75, 3.05) is 12.4 Å². The quantitative estimate of drug-likeness (QED) is 0.724. The first-order valence-electron chi connectivity index (χ1n) is 7.82. The Hall–Kier alpha value is -3.68. The lowest BCUT2D eigenvalue weighted by Crippen LogP contribution is -2.26. The summed E-state index contributed by atoms with van der Waals surface area (Å²) in [5.41, 5.74) is 1.63. The van der Waals surface area contributed by atoms with Gasteiger partial charge < -0.3 is 15.1 Å². The number of rotatable bonds is 5. The van der Waals surface area contributed by atoms with Gasteiger partial charge in [0.2, 0.25) is 11.8 Å². The molecule has 8 nitrogen and oxygen atoms in total. The fourth-order valence-corrected chi connectivity index (χ4v) is 2.29. The molecule has 0 saturated carbocycles. The summed E-state index contributed by atoms with van der Waals surface area (Å²) in [4.78, 5) is 35.5. The average Bonchev–Trinajstić information content (AvgIpc) is 3.03. The molecule has 0 aliphatic heterocycles. The van der Waals surface area contributed by atoms with Crippen LogP contribution in [0.15, 0.2) is 63.8 Å². The lowest BCUT2D eigenvalue weighted by Gasteiger charge is -2.05. The number of anilines is 1. The molecule has 3 aromatic rings. The molecule has 0 radical (unpaired) electrons. The number of carbonyl (C=O) groups excluding carboxylic acids is 2. The van der Waals surface area contributed by atoms with E-state index in [4.69, 9.17) is 4.42 Å². The highest BCUT2D eigenvalue weighted by atomic mass is 16.4. The number of amides is 2. The second-order valence-electron chi connectivity index (χ2n) is 5.40. The predicted molar refractivity (Wildman–Crippen MR) is 94.7 cm³/mol. The van der Waals surface area contributed by atoms with E-state index in [0.29, 0.717) is 16.8 Å². The van der Waals surface area contributed by atoms with E-state index in [1.807, 2.05) is 6.07 Å². The molecular weight excluding hydrogens is 336 g/mol. The van der Waals surface area contributed by atoms with Crippen molar-refractivity contribution >= 4 is 17.5 Å². The molecule has 26 heavy (non-hydrogen) atoms. The zero-order valence-electron chi connectivity index (χ0n) is 13.9. The predicted octanol–water partition coefficient (Wildman–Crippen LogP) is 1.50. The summed E-state index contributed by atoms with van der Waals surface area (Å²) in [5, 5.41) is 9.19. The van der Waals surface area contributed by atoms with Gasteiger partial charge in [-0.3, -0.25) is 9.59 Å². The molecule has 0 spiro atoms. The third kappa shape index (κ3) is 3.86. The van der Waals surface area contributed by atoms with Crippen molar-refractivity contribution in [2.45, 2.75) is 6.54 Å². The lowest BCUT2D eigenvalue weighted by atomic mass is 10.2. The molecule has 0 bridgehead atoms. The van der Waals surface area contributed by atoms with Crippen LogP contribution in [0.1, 0.15) is 10.4 Å². The van der Waals surface area contributed by atoms with Crippen molar-refractivity contribution in [1.29, 1.82) is 0 Å². The van der Waals surface area contributed by atoms with E-state index in [1.165, 1.54) is 7.05 Å². The minimum Gasteiger partial charge on any atom is -0.388 e. The van der Waals surface area contributed by atoms with E-state index in [-0.39, 0.29) is 18.3 Å². The van der Waals surface area contributed by atoms with Crippen LogP contribution in [-0.2, 0) is 11.3 Å². The molecule has 2 amide bonds. The summed E-state index contributed by atoms with van der Waals surface area (Å²) in [5.74, 6) is -1.22. The minimum absolute atomic E-state index is 0.151. The van der Waals surface area contributed by atoms with Crippen LogP contribution in [0.25, 0.3) is 11.5 Å². The Morgan fingerprint density at radius 1 is 1.08 bits per heavy atom. The highest BCUT2D eigenvalue weighted by Gasteiger charge is 2.13. The van der Waals surface area contributed by atoms with Gasteiger partial charge >= 0.3 is 5.76 Å². The van der Waals surface area contributed by atoms with E-state index < -0.39 is 11.7 Å². The fraction of sp³-hybridized carbons (Fsp3) is 0.111. The monoisotopic (exact) mass is 352 g/mol. The maximum Gasteiger partial charge on any atom is 0.437 e. The topological polar surface area (TPSA) is 106 Å². The van der Waals surface area contributed by atoms with Crippen molar-refractivity contribution in [3.63, 3.8) is 0 Å². The molecule has 3 rings (SSSR count). The van der Waals surface area contributed by atoms with Crippen LogP contribution in [0, 0.1) is 0 Å². The van der Waals surface area contributed by atoms with Gasteiger partial charge in [-0.2, -0.15) is 4.68 Å². The smallest absolute Gasteiger partial charge is 0.388 e. The number of hydrogen-bond donors (Lipinski definition) is 2. The number of aromatic nitrogens is 2. The molecule has 0 aliphatic rings. The van der Waals surface area contributed by atoms with Crippen LogP contribution in [0.5, 0.6) is 0 Å². The SMILES string of the molecule is CNC(=O)c1ccc(NC(=O)Cn2nc(-c3ccccc3)oc2=O)cc1. The van der Waals surface area contributed by atoms with Crippen LogP contribution in [-0.4, -0.2) is 28.6 Å². The van der Waals surface area contributed by atoms with Gasteiger partial charge in [0.05, 0.1) is 0 Å². The molecule has 0 aliphatic carbocycles. The zero-order valence-corrected chi connectivity index (χ0v) is 13.9. The van der Waals surface area contributed by atoms with E-state index in [2.05, 4.69) is 15.7 Å². The third-order valence-electron chi connectivity index (χ3n) is 3.58. The summed E-state index contributed by atoms with van der Waals surface area (Å²) >= 11 is 0. The standard InChI is InChI=1S/C18H16N4O4/c1-19-16(24)12-7-9-14(10-8-12)20-15(23)11-22-18(25)26-17(21-22)13-5-3-2-4-6-13/h2-10H,11H2,1H3,(H,19,24)(H,20,23). The Balaban J connectivity index is 1.68. The van der Waals surface area contributed by atoms with Crippen molar-refractivity contribution in [3.8, 4) is 11.5 Å². The summed E-state index contributed by atoms with van der Waals surface area (Å²) in [7, 11) is 1.54. The fourth-order valence-electron chi connectivity index (χ4n) is 2.29. The lowest BCUT2D eigenvalue weighted by molar-refractivity contribution is -0.117. The first-order chi connectivity index (χ1) is 12.6. The van der Waals surface area contributed by atoms with Crippen molar-refractivity contribution in [2.24, 2.45) is 0 Å². The Kier molecular flexibility index (Phi) is 4.93. The van der Waals surface area contributed by atoms with Crippen molar-refractivity contribution in [1.82, 2.24) is 15.1 Å². The molecule has 2 N–H and O–H groups in total. The van der Waals surface area contributed by atoms with Gasteiger partial charge in [0, 0.05) is 23.9 Å². The van der Waals surface area contributed by atoms with Crippen LogP contribution in [0.2, 0.25) is 0 Å². The van der Waals surface area contributed by atoms with Gasteiger partial charge in [-0.1, -0.05) is 18.2 Å². The van der Waals surface area contributed by atoms with Crippen molar-refractivity contribution < 1.29 is 14.0 Å². The molecular formula is C18H16N4O4. The summed E-state index contributed by atoms with van der Waals surface area (Å²) in [6.07, 6.45) is 0. The third-order valence-corrected chi connectivity index (χ3v) is 3.58. The maximum atomic E-state index is 12.1. The highest BCUT2D eigenvalue weighted by Crippen LogP contribution is 2.14. The van der Waals surface area contributed by atoms with Crippen LogP contribution in [0.4, 0.5) is 5.69 Å². The van der Waals surface area contributed by atoms with Crippen molar-refractivity contribution in [3.05, 3.63) is 70.7 Å². The molecule has 0 atom stereocenters. The van der Waals surface area contributed by atoms with Gasteiger partial charge in [-0.05, 0) is 36.4 Å². The molecule has 8 heteroatoms. The van der Waals surface area contributed by atoms with Crippen LogP contribution < -0.4 is 16.4 Å². The molecule has 0 saturated heterocycles. The second kappa shape index (κ2) is 7.47. The van der Waals surface area contributed by atoms with Crippen LogP contribution in [0.3, 0.4) is 0 Å². The number of hydrogen-bond acceptors (Lipinski definition) is 5. The molecule has 1 aromatic heterocycles.